The molecule has 1 atom stereocenters. The Hall–Kier alpha value is -0.550. The van der Waals surface area contributed by atoms with Gasteiger partial charge in [-0.15, -0.1) is 11.3 Å². The molecule has 0 amide bonds. The second-order valence-electron chi connectivity index (χ2n) is 3.89. The first-order valence-corrected chi connectivity index (χ1v) is 7.47. The van der Waals surface area contributed by atoms with Crippen molar-refractivity contribution in [2.75, 3.05) is 7.11 Å². The molecule has 2 rings (SSSR count). The molecule has 2 aromatic rings. The van der Waals surface area contributed by atoms with Gasteiger partial charge in [-0.05, 0) is 45.6 Å². The van der Waals surface area contributed by atoms with Gasteiger partial charge in [0.2, 0.25) is 0 Å². The molecule has 2 N–H and O–H groups in total. The molecule has 0 bridgehead atoms. The topological polar surface area (TPSA) is 35.2 Å². The number of benzene rings is 1. The highest BCUT2D eigenvalue weighted by atomic mass is 79.9. The van der Waals surface area contributed by atoms with E-state index in [1.165, 1.54) is 4.88 Å². The summed E-state index contributed by atoms with van der Waals surface area (Å²) in [6.45, 7) is 0. The standard InChI is InChI=1S/C13H13BrClNOS/c1-17-12-3-2-8(15)6-9(12)11(16)7-13-10(14)4-5-18-13/h2-6,11H,7,16H2,1H3. The molecule has 0 radical (unpaired) electrons. The molecule has 0 saturated carbocycles. The fourth-order valence-corrected chi connectivity index (χ4v) is 3.53. The zero-order valence-electron chi connectivity index (χ0n) is 9.82. The molecule has 0 saturated heterocycles. The Morgan fingerprint density at radius 1 is 1.44 bits per heavy atom. The SMILES string of the molecule is COc1ccc(Cl)cc1C(N)Cc1sccc1Br. The van der Waals surface area contributed by atoms with E-state index in [4.69, 9.17) is 22.1 Å². The van der Waals surface area contributed by atoms with E-state index in [1.54, 1.807) is 24.5 Å². The van der Waals surface area contributed by atoms with Crippen LogP contribution in [0.1, 0.15) is 16.5 Å². The molecule has 96 valence electrons. The number of nitrogens with two attached hydrogens (primary N) is 1. The first kappa shape index (κ1) is 13.9. The van der Waals surface area contributed by atoms with Gasteiger partial charge in [-0.25, -0.2) is 0 Å². The molecule has 0 fully saturated rings. The Morgan fingerprint density at radius 2 is 2.22 bits per heavy atom. The van der Waals surface area contributed by atoms with Crippen LogP contribution in [-0.4, -0.2) is 7.11 Å². The molecule has 18 heavy (non-hydrogen) atoms. The van der Waals surface area contributed by atoms with Gasteiger partial charge in [0.1, 0.15) is 5.75 Å². The number of hydrogen-bond acceptors (Lipinski definition) is 3. The maximum Gasteiger partial charge on any atom is 0.123 e. The van der Waals surface area contributed by atoms with Gasteiger partial charge in [-0.2, -0.15) is 0 Å². The van der Waals surface area contributed by atoms with Crippen LogP contribution in [-0.2, 0) is 6.42 Å². The quantitative estimate of drug-likeness (QED) is 0.889. The van der Waals surface area contributed by atoms with Gasteiger partial charge in [0.05, 0.1) is 7.11 Å². The largest absolute Gasteiger partial charge is 0.496 e. The van der Waals surface area contributed by atoms with Crippen LogP contribution in [0.2, 0.25) is 5.02 Å². The molecule has 0 aliphatic carbocycles. The van der Waals surface area contributed by atoms with E-state index in [9.17, 15) is 0 Å². The summed E-state index contributed by atoms with van der Waals surface area (Å²) in [5.74, 6) is 0.777. The van der Waals surface area contributed by atoms with Gasteiger partial charge < -0.3 is 10.5 Å². The fraction of sp³-hybridized carbons (Fsp3) is 0.231. The van der Waals surface area contributed by atoms with E-state index < -0.39 is 0 Å². The van der Waals surface area contributed by atoms with Crippen molar-refractivity contribution in [2.24, 2.45) is 5.73 Å². The average molecular weight is 347 g/mol. The number of halogens is 2. The summed E-state index contributed by atoms with van der Waals surface area (Å²) in [6.07, 6.45) is 0.759. The molecule has 5 heteroatoms. The summed E-state index contributed by atoms with van der Waals surface area (Å²) in [7, 11) is 1.64. The highest BCUT2D eigenvalue weighted by Crippen LogP contribution is 2.32. The lowest BCUT2D eigenvalue weighted by molar-refractivity contribution is 0.405. The Kier molecular flexibility index (Phi) is 4.67. The van der Waals surface area contributed by atoms with Crippen LogP contribution in [0.3, 0.4) is 0 Å². The van der Waals surface area contributed by atoms with Crippen LogP contribution < -0.4 is 10.5 Å². The summed E-state index contributed by atoms with van der Waals surface area (Å²) < 4.78 is 6.42. The van der Waals surface area contributed by atoms with E-state index >= 15 is 0 Å². The summed E-state index contributed by atoms with van der Waals surface area (Å²) in [5, 5.41) is 2.72. The molecular formula is C13H13BrClNOS. The van der Waals surface area contributed by atoms with Gasteiger partial charge in [0, 0.05) is 32.4 Å². The van der Waals surface area contributed by atoms with Crippen molar-refractivity contribution >= 4 is 38.9 Å². The van der Waals surface area contributed by atoms with Crippen LogP contribution in [0.15, 0.2) is 34.1 Å². The van der Waals surface area contributed by atoms with Crippen LogP contribution in [0.4, 0.5) is 0 Å². The van der Waals surface area contributed by atoms with Gasteiger partial charge in [0.25, 0.3) is 0 Å². The molecule has 1 aromatic carbocycles. The zero-order valence-corrected chi connectivity index (χ0v) is 13.0. The van der Waals surface area contributed by atoms with E-state index in [0.29, 0.717) is 5.02 Å². The minimum atomic E-state index is -0.131. The number of hydrogen-bond donors (Lipinski definition) is 1. The Labute approximate surface area is 124 Å². The third-order valence-electron chi connectivity index (χ3n) is 2.69. The minimum Gasteiger partial charge on any atom is -0.496 e. The molecule has 0 aliphatic rings. The number of methoxy groups -OCH3 is 1. The Balaban J connectivity index is 2.25. The lowest BCUT2D eigenvalue weighted by Gasteiger charge is -2.15. The summed E-state index contributed by atoms with van der Waals surface area (Å²) >= 11 is 11.2. The maximum atomic E-state index is 6.25. The van der Waals surface area contributed by atoms with Gasteiger partial charge in [0.15, 0.2) is 0 Å². The van der Waals surface area contributed by atoms with Crippen molar-refractivity contribution in [3.63, 3.8) is 0 Å². The third-order valence-corrected chi connectivity index (χ3v) is 4.87. The van der Waals surface area contributed by atoms with E-state index in [0.717, 1.165) is 22.2 Å². The molecule has 2 nitrogen and oxygen atoms in total. The van der Waals surface area contributed by atoms with Gasteiger partial charge in [-0.3, -0.25) is 0 Å². The second kappa shape index (κ2) is 6.06. The van der Waals surface area contributed by atoms with E-state index in [-0.39, 0.29) is 6.04 Å². The first-order chi connectivity index (χ1) is 8.61. The van der Waals surface area contributed by atoms with Crippen molar-refractivity contribution in [2.45, 2.75) is 12.5 Å². The Morgan fingerprint density at radius 3 is 2.83 bits per heavy atom. The monoisotopic (exact) mass is 345 g/mol. The highest BCUT2D eigenvalue weighted by Gasteiger charge is 2.15. The van der Waals surface area contributed by atoms with Crippen molar-refractivity contribution in [1.29, 1.82) is 0 Å². The van der Waals surface area contributed by atoms with Crippen molar-refractivity contribution in [1.82, 2.24) is 0 Å². The maximum absolute atomic E-state index is 6.25. The van der Waals surface area contributed by atoms with Crippen molar-refractivity contribution in [3.05, 3.63) is 49.6 Å². The summed E-state index contributed by atoms with van der Waals surface area (Å²) in [5.41, 5.74) is 7.18. The third kappa shape index (κ3) is 3.06. The zero-order chi connectivity index (χ0) is 13.1. The molecule has 0 spiro atoms. The molecular weight excluding hydrogens is 334 g/mol. The predicted octanol–water partition coefficient (Wildman–Crippen LogP) is 4.42. The van der Waals surface area contributed by atoms with Crippen molar-refractivity contribution < 1.29 is 4.74 Å². The minimum absolute atomic E-state index is 0.131. The van der Waals surface area contributed by atoms with Gasteiger partial charge in [-0.1, -0.05) is 11.6 Å². The Bertz CT molecular complexity index is 544. The van der Waals surface area contributed by atoms with Gasteiger partial charge >= 0.3 is 0 Å². The lowest BCUT2D eigenvalue weighted by atomic mass is 10.0. The molecule has 0 aliphatic heterocycles. The molecule has 1 aromatic heterocycles. The van der Waals surface area contributed by atoms with Crippen LogP contribution in [0.5, 0.6) is 5.75 Å². The number of ether oxygens (including phenoxy) is 1. The first-order valence-electron chi connectivity index (χ1n) is 5.42. The highest BCUT2D eigenvalue weighted by molar-refractivity contribution is 9.10. The number of thiophene rings is 1. The van der Waals surface area contributed by atoms with Crippen LogP contribution in [0.25, 0.3) is 0 Å². The normalized spacial score (nSPS) is 12.4. The molecule has 1 unspecified atom stereocenters. The predicted molar refractivity (Wildman–Crippen MR) is 80.7 cm³/mol. The number of rotatable bonds is 4. The van der Waals surface area contributed by atoms with Crippen LogP contribution in [0, 0.1) is 0 Å². The van der Waals surface area contributed by atoms with E-state index in [2.05, 4.69) is 15.9 Å². The second-order valence-corrected chi connectivity index (χ2v) is 6.18. The van der Waals surface area contributed by atoms with Crippen LogP contribution >= 0.6 is 38.9 Å². The smallest absolute Gasteiger partial charge is 0.123 e. The summed E-state index contributed by atoms with van der Waals surface area (Å²) in [4.78, 5) is 1.23. The van der Waals surface area contributed by atoms with E-state index in [1.807, 2.05) is 23.6 Å². The van der Waals surface area contributed by atoms with Crippen molar-refractivity contribution in [3.8, 4) is 5.75 Å². The average Bonchev–Trinajstić information content (AvgIpc) is 2.75. The summed E-state index contributed by atoms with van der Waals surface area (Å²) in [6, 6.07) is 7.42. The lowest BCUT2D eigenvalue weighted by Crippen LogP contribution is -2.14. The fourth-order valence-electron chi connectivity index (χ4n) is 1.78. The molecule has 1 heterocycles.